The van der Waals surface area contributed by atoms with E-state index >= 15 is 0 Å². The van der Waals surface area contributed by atoms with Crippen LogP contribution in [0.3, 0.4) is 0 Å². The Kier molecular flexibility index (Phi) is 5.09. The SMILES string of the molecule is COC1=C(c2ccc3c(c2)C(CSC(C)=O)=CC(C)(C)N3)C=CCC1. The number of hydrogen-bond donors (Lipinski definition) is 1. The number of benzene rings is 1. The van der Waals surface area contributed by atoms with Gasteiger partial charge in [0.1, 0.15) is 5.76 Å². The van der Waals surface area contributed by atoms with Gasteiger partial charge < -0.3 is 10.1 Å². The highest BCUT2D eigenvalue weighted by molar-refractivity contribution is 8.13. The van der Waals surface area contributed by atoms with Crippen molar-refractivity contribution in [3.8, 4) is 0 Å². The minimum Gasteiger partial charge on any atom is -0.500 e. The van der Waals surface area contributed by atoms with Crippen LogP contribution in [0, 0.1) is 0 Å². The summed E-state index contributed by atoms with van der Waals surface area (Å²) in [6.45, 7) is 5.92. The normalized spacial score (nSPS) is 18.3. The molecule has 0 amide bonds. The van der Waals surface area contributed by atoms with Gasteiger partial charge in [-0.15, -0.1) is 0 Å². The van der Waals surface area contributed by atoms with E-state index in [1.54, 1.807) is 14.0 Å². The van der Waals surface area contributed by atoms with Gasteiger partial charge in [-0.05, 0) is 43.5 Å². The molecule has 4 heteroatoms. The molecule has 1 aromatic carbocycles. The van der Waals surface area contributed by atoms with Crippen molar-refractivity contribution in [2.24, 2.45) is 0 Å². The van der Waals surface area contributed by atoms with Gasteiger partial charge in [0.25, 0.3) is 0 Å². The number of ether oxygens (including phenoxy) is 1. The van der Waals surface area contributed by atoms with Crippen LogP contribution in [0.4, 0.5) is 5.69 Å². The molecule has 0 spiro atoms. The van der Waals surface area contributed by atoms with Crippen molar-refractivity contribution in [3.63, 3.8) is 0 Å². The summed E-state index contributed by atoms with van der Waals surface area (Å²) in [6, 6.07) is 6.50. The third kappa shape index (κ3) is 4.01. The number of carbonyl (C=O) groups is 1. The maximum absolute atomic E-state index is 11.4. The highest BCUT2D eigenvalue weighted by Gasteiger charge is 2.25. The molecular formula is C21H25NO2S. The quantitative estimate of drug-likeness (QED) is 0.799. The molecule has 3 nitrogen and oxygen atoms in total. The van der Waals surface area contributed by atoms with Crippen molar-refractivity contribution in [3.05, 3.63) is 53.3 Å². The van der Waals surface area contributed by atoms with Crippen molar-refractivity contribution in [1.82, 2.24) is 0 Å². The largest absolute Gasteiger partial charge is 0.500 e. The second-order valence-corrected chi connectivity index (χ2v) is 8.19. The molecule has 0 atom stereocenters. The number of carbonyl (C=O) groups excluding carboxylic acids is 1. The van der Waals surface area contributed by atoms with Gasteiger partial charge in [0.15, 0.2) is 5.12 Å². The average molecular weight is 356 g/mol. The van der Waals surface area contributed by atoms with Gasteiger partial charge in [-0.2, -0.15) is 0 Å². The van der Waals surface area contributed by atoms with Crippen LogP contribution in [0.1, 0.15) is 44.7 Å². The van der Waals surface area contributed by atoms with Crippen LogP contribution in [0.2, 0.25) is 0 Å². The van der Waals surface area contributed by atoms with Crippen molar-refractivity contribution >= 4 is 33.7 Å². The molecule has 0 aromatic heterocycles. The van der Waals surface area contributed by atoms with E-state index in [0.717, 1.165) is 35.4 Å². The summed E-state index contributed by atoms with van der Waals surface area (Å²) < 4.78 is 5.59. The van der Waals surface area contributed by atoms with Crippen molar-refractivity contribution < 1.29 is 9.53 Å². The second-order valence-electron chi connectivity index (χ2n) is 7.04. The lowest BCUT2D eigenvalue weighted by atomic mass is 9.88. The fraction of sp³-hybridized carbons (Fsp3) is 0.381. The fourth-order valence-corrected chi connectivity index (χ4v) is 3.99. The molecule has 0 saturated carbocycles. The van der Waals surface area contributed by atoms with E-state index in [1.165, 1.54) is 22.9 Å². The van der Waals surface area contributed by atoms with E-state index in [1.807, 2.05) is 0 Å². The number of anilines is 1. The van der Waals surface area contributed by atoms with Crippen LogP contribution < -0.4 is 5.32 Å². The number of methoxy groups -OCH3 is 1. The third-order valence-corrected chi connectivity index (χ3v) is 5.33. The Morgan fingerprint density at radius 2 is 2.16 bits per heavy atom. The molecule has 1 N–H and O–H groups in total. The first-order valence-corrected chi connectivity index (χ1v) is 9.60. The zero-order valence-corrected chi connectivity index (χ0v) is 16.1. The Morgan fingerprint density at radius 1 is 1.36 bits per heavy atom. The van der Waals surface area contributed by atoms with Gasteiger partial charge in [0.05, 0.1) is 12.6 Å². The number of thioether (sulfide) groups is 1. The molecule has 0 fully saturated rings. The van der Waals surface area contributed by atoms with Gasteiger partial charge in [-0.1, -0.05) is 36.1 Å². The summed E-state index contributed by atoms with van der Waals surface area (Å²) in [4.78, 5) is 11.4. The maximum atomic E-state index is 11.4. The van der Waals surface area contributed by atoms with E-state index in [4.69, 9.17) is 4.74 Å². The molecule has 132 valence electrons. The van der Waals surface area contributed by atoms with Crippen LogP contribution in [0.15, 0.2) is 42.2 Å². The first-order chi connectivity index (χ1) is 11.9. The summed E-state index contributed by atoms with van der Waals surface area (Å²) in [5.41, 5.74) is 5.69. The van der Waals surface area contributed by atoms with Crippen LogP contribution >= 0.6 is 11.8 Å². The predicted molar refractivity (Wildman–Crippen MR) is 108 cm³/mol. The third-order valence-electron chi connectivity index (χ3n) is 4.47. The number of nitrogens with one attached hydrogen (secondary N) is 1. The van der Waals surface area contributed by atoms with Crippen molar-refractivity contribution in [2.75, 3.05) is 18.2 Å². The van der Waals surface area contributed by atoms with Crippen LogP contribution in [0.5, 0.6) is 0 Å². The van der Waals surface area contributed by atoms with Crippen LogP contribution in [-0.4, -0.2) is 23.5 Å². The lowest BCUT2D eigenvalue weighted by molar-refractivity contribution is -0.109. The molecular weight excluding hydrogens is 330 g/mol. The molecule has 0 radical (unpaired) electrons. The lowest BCUT2D eigenvalue weighted by Gasteiger charge is -2.32. The lowest BCUT2D eigenvalue weighted by Crippen LogP contribution is -2.32. The maximum Gasteiger partial charge on any atom is 0.186 e. The van der Waals surface area contributed by atoms with Gasteiger partial charge in [0, 0.05) is 35.9 Å². The molecule has 2 aliphatic rings. The Balaban J connectivity index is 2.03. The number of hydrogen-bond acceptors (Lipinski definition) is 4. The summed E-state index contributed by atoms with van der Waals surface area (Å²) in [5, 5.41) is 3.72. The van der Waals surface area contributed by atoms with Gasteiger partial charge >= 0.3 is 0 Å². The van der Waals surface area contributed by atoms with Crippen LogP contribution in [0.25, 0.3) is 11.1 Å². The summed E-state index contributed by atoms with van der Waals surface area (Å²) in [6.07, 6.45) is 8.54. The van der Waals surface area contributed by atoms with E-state index < -0.39 is 0 Å². The van der Waals surface area contributed by atoms with E-state index in [0.29, 0.717) is 5.75 Å². The van der Waals surface area contributed by atoms with Crippen molar-refractivity contribution in [1.29, 1.82) is 0 Å². The molecule has 1 aliphatic heterocycles. The fourth-order valence-electron chi connectivity index (χ4n) is 3.39. The molecule has 1 aromatic rings. The highest BCUT2D eigenvalue weighted by Crippen LogP contribution is 2.38. The molecule has 0 unspecified atom stereocenters. The van der Waals surface area contributed by atoms with E-state index in [2.05, 4.69) is 55.6 Å². The minimum absolute atomic E-state index is 0.122. The minimum atomic E-state index is -0.122. The summed E-state index contributed by atoms with van der Waals surface area (Å²) in [7, 11) is 1.74. The standard InChI is InChI=1S/C21H25NO2S/c1-14(23)25-13-16-12-21(2,3)22-19-10-9-15(11-18(16)19)17-7-5-6-8-20(17)24-4/h5,7,9-12,22H,6,8,13H2,1-4H3. The van der Waals surface area contributed by atoms with Gasteiger partial charge in [-0.3, -0.25) is 4.79 Å². The van der Waals surface area contributed by atoms with E-state index in [-0.39, 0.29) is 10.7 Å². The molecule has 0 saturated heterocycles. The number of rotatable bonds is 4. The van der Waals surface area contributed by atoms with Gasteiger partial charge in [0.2, 0.25) is 0 Å². The van der Waals surface area contributed by atoms with Crippen molar-refractivity contribution in [2.45, 2.75) is 39.2 Å². The zero-order chi connectivity index (χ0) is 18.0. The summed E-state index contributed by atoms with van der Waals surface area (Å²) >= 11 is 1.36. The molecule has 1 heterocycles. The average Bonchev–Trinajstić information content (AvgIpc) is 2.58. The highest BCUT2D eigenvalue weighted by atomic mass is 32.2. The molecule has 0 bridgehead atoms. The molecule has 1 aliphatic carbocycles. The first-order valence-electron chi connectivity index (χ1n) is 8.61. The number of fused-ring (bicyclic) bond motifs is 1. The summed E-state index contributed by atoms with van der Waals surface area (Å²) in [5.74, 6) is 1.73. The Morgan fingerprint density at radius 3 is 2.88 bits per heavy atom. The molecule has 3 rings (SSSR count). The number of allylic oxidation sites excluding steroid dienone is 4. The Bertz CT molecular complexity index is 787. The molecule has 25 heavy (non-hydrogen) atoms. The van der Waals surface area contributed by atoms with Crippen LogP contribution in [-0.2, 0) is 9.53 Å². The first kappa shape index (κ1) is 17.9. The topological polar surface area (TPSA) is 38.3 Å². The Labute approximate surface area is 154 Å². The zero-order valence-electron chi connectivity index (χ0n) is 15.3. The van der Waals surface area contributed by atoms with E-state index in [9.17, 15) is 4.79 Å². The predicted octanol–water partition coefficient (Wildman–Crippen LogP) is 5.26. The Hall–Kier alpha value is -1.94. The smallest absolute Gasteiger partial charge is 0.186 e. The monoisotopic (exact) mass is 355 g/mol. The van der Waals surface area contributed by atoms with Gasteiger partial charge in [-0.25, -0.2) is 0 Å². The second kappa shape index (κ2) is 7.12.